The Balaban J connectivity index is 1.73. The Bertz CT molecular complexity index is 499. The highest BCUT2D eigenvalue weighted by Gasteiger charge is 2.34. The van der Waals surface area contributed by atoms with E-state index in [9.17, 15) is 17.2 Å². The number of hydrogen-bond donors (Lipinski definition) is 2. The Hall–Kier alpha value is -0.960. The summed E-state index contributed by atoms with van der Waals surface area (Å²) in [6.45, 7) is 0.996. The third-order valence-corrected chi connectivity index (χ3v) is 6.17. The molecule has 0 radical (unpaired) electrons. The molecule has 1 saturated heterocycles. The Morgan fingerprint density at radius 1 is 1.22 bits per heavy atom. The molecular formula is C14H26F2N4O2S. The molecule has 2 fully saturated rings. The Labute approximate surface area is 136 Å². The van der Waals surface area contributed by atoms with Crippen LogP contribution in [0.3, 0.4) is 0 Å². The smallest absolute Gasteiger partial charge is 0.350 e. The van der Waals surface area contributed by atoms with Crippen molar-refractivity contribution in [2.75, 3.05) is 26.7 Å². The summed E-state index contributed by atoms with van der Waals surface area (Å²) in [4.78, 5) is 4.20. The second-order valence-electron chi connectivity index (χ2n) is 6.23. The standard InChI is InChI=1S/C14H26F2N4O2S/c1-17-14(19-12-4-2-3-5-12)18-10-11-6-8-20(9-7-11)23(21,22)13(15)16/h11-13H,2-10H2,1H3,(H2,17,18,19). The van der Waals surface area contributed by atoms with Gasteiger partial charge in [0.1, 0.15) is 0 Å². The van der Waals surface area contributed by atoms with Crippen LogP contribution in [0.2, 0.25) is 0 Å². The number of aliphatic imine (C=N–C) groups is 1. The van der Waals surface area contributed by atoms with Gasteiger partial charge in [-0.05, 0) is 31.6 Å². The molecule has 23 heavy (non-hydrogen) atoms. The monoisotopic (exact) mass is 352 g/mol. The molecule has 0 bridgehead atoms. The first-order valence-corrected chi connectivity index (χ1v) is 9.68. The van der Waals surface area contributed by atoms with Gasteiger partial charge in [0.05, 0.1) is 0 Å². The quantitative estimate of drug-likeness (QED) is 0.579. The van der Waals surface area contributed by atoms with Gasteiger partial charge in [-0.25, -0.2) is 8.42 Å². The predicted molar refractivity (Wildman–Crippen MR) is 86.0 cm³/mol. The van der Waals surface area contributed by atoms with Crippen molar-refractivity contribution in [2.24, 2.45) is 10.9 Å². The van der Waals surface area contributed by atoms with E-state index in [0.29, 0.717) is 25.4 Å². The molecule has 0 amide bonds. The number of sulfonamides is 1. The third-order valence-electron chi connectivity index (χ3n) is 4.64. The van der Waals surface area contributed by atoms with Gasteiger partial charge in [0.15, 0.2) is 5.96 Å². The molecule has 1 aliphatic heterocycles. The Kier molecular flexibility index (Phi) is 6.58. The minimum Gasteiger partial charge on any atom is -0.356 e. The molecule has 1 saturated carbocycles. The van der Waals surface area contributed by atoms with Crippen molar-refractivity contribution in [3.05, 3.63) is 0 Å². The summed E-state index contributed by atoms with van der Waals surface area (Å²) < 4.78 is 48.8. The van der Waals surface area contributed by atoms with Crippen LogP contribution in [0.4, 0.5) is 8.78 Å². The molecular weight excluding hydrogens is 326 g/mol. The van der Waals surface area contributed by atoms with E-state index in [-0.39, 0.29) is 19.0 Å². The van der Waals surface area contributed by atoms with Crippen LogP contribution in [0, 0.1) is 5.92 Å². The lowest BCUT2D eigenvalue weighted by molar-refractivity contribution is 0.204. The van der Waals surface area contributed by atoms with Gasteiger partial charge in [-0.2, -0.15) is 13.1 Å². The number of rotatable bonds is 5. The lowest BCUT2D eigenvalue weighted by atomic mass is 9.98. The minimum atomic E-state index is -4.43. The zero-order valence-electron chi connectivity index (χ0n) is 13.5. The zero-order valence-corrected chi connectivity index (χ0v) is 14.3. The normalized spacial score (nSPS) is 22.7. The van der Waals surface area contributed by atoms with Crippen molar-refractivity contribution >= 4 is 16.0 Å². The molecule has 0 unspecified atom stereocenters. The van der Waals surface area contributed by atoms with Crippen molar-refractivity contribution in [2.45, 2.75) is 50.3 Å². The van der Waals surface area contributed by atoms with Crippen molar-refractivity contribution < 1.29 is 17.2 Å². The average Bonchev–Trinajstić information content (AvgIpc) is 3.04. The maximum atomic E-state index is 12.5. The van der Waals surface area contributed by atoms with Crippen LogP contribution in [-0.2, 0) is 10.0 Å². The first kappa shape index (κ1) is 18.4. The van der Waals surface area contributed by atoms with Gasteiger partial charge in [-0.1, -0.05) is 12.8 Å². The number of alkyl halides is 2. The van der Waals surface area contributed by atoms with Gasteiger partial charge >= 0.3 is 5.76 Å². The molecule has 1 aliphatic carbocycles. The molecule has 2 N–H and O–H groups in total. The topological polar surface area (TPSA) is 73.8 Å². The summed E-state index contributed by atoms with van der Waals surface area (Å²) in [7, 11) is -2.71. The fourth-order valence-electron chi connectivity index (χ4n) is 3.18. The zero-order chi connectivity index (χ0) is 16.9. The molecule has 9 heteroatoms. The van der Waals surface area contributed by atoms with E-state index in [4.69, 9.17) is 0 Å². The minimum absolute atomic E-state index is 0.160. The van der Waals surface area contributed by atoms with Crippen LogP contribution in [0.1, 0.15) is 38.5 Å². The van der Waals surface area contributed by atoms with E-state index in [0.717, 1.165) is 23.1 Å². The number of piperidine rings is 1. The van der Waals surface area contributed by atoms with Crippen molar-refractivity contribution in [3.8, 4) is 0 Å². The Morgan fingerprint density at radius 3 is 2.35 bits per heavy atom. The van der Waals surface area contributed by atoms with E-state index in [1.54, 1.807) is 7.05 Å². The molecule has 1 heterocycles. The van der Waals surface area contributed by atoms with E-state index < -0.39 is 15.8 Å². The average molecular weight is 352 g/mol. The SMILES string of the molecule is CN=C(NCC1CCN(S(=O)(=O)C(F)F)CC1)NC1CCCC1. The molecule has 2 rings (SSSR count). The van der Waals surface area contributed by atoms with Crippen molar-refractivity contribution in [1.29, 1.82) is 0 Å². The van der Waals surface area contributed by atoms with Crippen LogP contribution in [0.25, 0.3) is 0 Å². The van der Waals surface area contributed by atoms with Gasteiger partial charge in [0.25, 0.3) is 10.0 Å². The van der Waals surface area contributed by atoms with Gasteiger partial charge in [-0.15, -0.1) is 0 Å². The van der Waals surface area contributed by atoms with Gasteiger partial charge < -0.3 is 10.6 Å². The number of nitrogens with one attached hydrogen (secondary N) is 2. The number of hydrogen-bond acceptors (Lipinski definition) is 3. The summed E-state index contributed by atoms with van der Waals surface area (Å²) >= 11 is 0. The fraction of sp³-hybridized carbons (Fsp3) is 0.929. The summed E-state index contributed by atoms with van der Waals surface area (Å²) in [6, 6.07) is 0.472. The van der Waals surface area contributed by atoms with E-state index in [2.05, 4.69) is 15.6 Å². The first-order chi connectivity index (χ1) is 10.9. The summed E-state index contributed by atoms with van der Waals surface area (Å²) in [5.74, 6) is -2.30. The van der Waals surface area contributed by atoms with E-state index in [1.165, 1.54) is 12.8 Å². The predicted octanol–water partition coefficient (Wildman–Crippen LogP) is 1.36. The lowest BCUT2D eigenvalue weighted by Crippen LogP contribution is -2.46. The maximum Gasteiger partial charge on any atom is 0.350 e. The molecule has 134 valence electrons. The third kappa shape index (κ3) is 5.00. The number of nitrogens with zero attached hydrogens (tertiary/aromatic N) is 2. The van der Waals surface area contributed by atoms with Crippen LogP contribution >= 0.6 is 0 Å². The van der Waals surface area contributed by atoms with Crippen LogP contribution < -0.4 is 10.6 Å². The first-order valence-electron chi connectivity index (χ1n) is 8.17. The van der Waals surface area contributed by atoms with Crippen LogP contribution in [-0.4, -0.2) is 57.2 Å². The maximum absolute atomic E-state index is 12.5. The molecule has 0 atom stereocenters. The highest BCUT2D eigenvalue weighted by Crippen LogP contribution is 2.22. The molecule has 6 nitrogen and oxygen atoms in total. The lowest BCUT2D eigenvalue weighted by Gasteiger charge is -2.31. The molecule has 0 aromatic heterocycles. The molecule has 0 aromatic carbocycles. The molecule has 0 spiro atoms. The van der Waals surface area contributed by atoms with Crippen LogP contribution in [0.5, 0.6) is 0 Å². The van der Waals surface area contributed by atoms with Crippen molar-refractivity contribution in [1.82, 2.24) is 14.9 Å². The van der Waals surface area contributed by atoms with Crippen LogP contribution in [0.15, 0.2) is 4.99 Å². The molecule has 0 aromatic rings. The van der Waals surface area contributed by atoms with E-state index >= 15 is 0 Å². The number of guanidine groups is 1. The second-order valence-corrected chi connectivity index (χ2v) is 8.13. The van der Waals surface area contributed by atoms with Crippen molar-refractivity contribution in [3.63, 3.8) is 0 Å². The summed E-state index contributed by atoms with van der Waals surface area (Å²) in [5.41, 5.74) is 0. The second kappa shape index (κ2) is 8.23. The largest absolute Gasteiger partial charge is 0.356 e. The highest BCUT2D eigenvalue weighted by atomic mass is 32.2. The van der Waals surface area contributed by atoms with Gasteiger partial charge in [-0.3, -0.25) is 4.99 Å². The summed E-state index contributed by atoms with van der Waals surface area (Å²) in [5, 5.41) is 6.65. The summed E-state index contributed by atoms with van der Waals surface area (Å²) in [6.07, 6.45) is 5.96. The fourth-order valence-corrected chi connectivity index (χ4v) is 4.12. The highest BCUT2D eigenvalue weighted by molar-refractivity contribution is 7.89. The van der Waals surface area contributed by atoms with Gasteiger partial charge in [0.2, 0.25) is 0 Å². The van der Waals surface area contributed by atoms with E-state index in [1.807, 2.05) is 0 Å². The van der Waals surface area contributed by atoms with Gasteiger partial charge in [0, 0.05) is 32.7 Å². The number of halogens is 2. The molecule has 2 aliphatic rings. The Morgan fingerprint density at radius 2 is 1.83 bits per heavy atom.